The summed E-state index contributed by atoms with van der Waals surface area (Å²) in [5.74, 6) is 0.467. The molecule has 1 N–H and O–H groups in total. The molecular formula is C21H24N4O5S. The first-order valence-electron chi connectivity index (χ1n) is 10.0. The van der Waals surface area contributed by atoms with Gasteiger partial charge in [-0.3, -0.25) is 4.79 Å². The van der Waals surface area contributed by atoms with E-state index in [4.69, 9.17) is 9.26 Å². The molecule has 3 heterocycles. The topological polar surface area (TPSA) is 116 Å². The van der Waals surface area contributed by atoms with Crippen LogP contribution in [0.15, 0.2) is 44.5 Å². The fraction of sp³-hybridized carbons (Fsp3) is 0.381. The first-order valence-corrected chi connectivity index (χ1v) is 11.5. The van der Waals surface area contributed by atoms with Crippen molar-refractivity contribution in [3.05, 3.63) is 57.7 Å². The quantitative estimate of drug-likeness (QED) is 0.620. The second-order valence-corrected chi connectivity index (χ2v) is 9.34. The smallest absolute Gasteiger partial charge is 0.271 e. The van der Waals surface area contributed by atoms with Crippen LogP contribution in [0, 0.1) is 20.8 Å². The Kier molecular flexibility index (Phi) is 5.78. The molecule has 9 nitrogen and oxygen atoms in total. The van der Waals surface area contributed by atoms with Gasteiger partial charge in [0.1, 0.15) is 11.4 Å². The normalized spacial score (nSPS) is 16.7. The number of benzene rings is 1. The van der Waals surface area contributed by atoms with Crippen LogP contribution in [0.25, 0.3) is 16.9 Å². The van der Waals surface area contributed by atoms with Gasteiger partial charge in [0.2, 0.25) is 10.0 Å². The molecule has 1 unspecified atom stereocenters. The van der Waals surface area contributed by atoms with E-state index in [-0.39, 0.29) is 23.1 Å². The highest BCUT2D eigenvalue weighted by atomic mass is 32.2. The maximum absolute atomic E-state index is 12.9. The number of sulfonamides is 1. The van der Waals surface area contributed by atoms with Crippen molar-refractivity contribution in [2.24, 2.45) is 0 Å². The summed E-state index contributed by atoms with van der Waals surface area (Å²) in [6.07, 6.45) is 1.68. The van der Waals surface area contributed by atoms with E-state index in [9.17, 15) is 13.2 Å². The second kappa shape index (κ2) is 8.37. The number of hydrogen-bond acceptors (Lipinski definition) is 7. The minimum atomic E-state index is -3.74. The molecule has 1 aromatic carbocycles. The van der Waals surface area contributed by atoms with Crippen molar-refractivity contribution in [3.8, 4) is 16.9 Å². The van der Waals surface area contributed by atoms with Crippen LogP contribution in [0.1, 0.15) is 29.9 Å². The van der Waals surface area contributed by atoms with Gasteiger partial charge in [0.05, 0.1) is 16.7 Å². The lowest BCUT2D eigenvalue weighted by Gasteiger charge is -2.14. The summed E-state index contributed by atoms with van der Waals surface area (Å²) >= 11 is 0. The summed E-state index contributed by atoms with van der Waals surface area (Å²) < 4.78 is 40.4. The summed E-state index contributed by atoms with van der Waals surface area (Å²) in [6.45, 7) is 6.06. The zero-order chi connectivity index (χ0) is 22.2. The Balaban J connectivity index is 1.70. The molecule has 1 aliphatic rings. The van der Waals surface area contributed by atoms with Crippen LogP contribution in [0.2, 0.25) is 0 Å². The molecule has 164 valence electrons. The highest BCUT2D eigenvalue weighted by Gasteiger charge is 2.22. The van der Waals surface area contributed by atoms with Crippen molar-refractivity contribution in [2.75, 3.05) is 13.2 Å². The minimum absolute atomic E-state index is 0.0986. The van der Waals surface area contributed by atoms with Gasteiger partial charge in [0.15, 0.2) is 5.76 Å². The van der Waals surface area contributed by atoms with Crippen LogP contribution in [0.5, 0.6) is 0 Å². The number of ether oxygens (including phenoxy) is 1. The predicted molar refractivity (Wildman–Crippen MR) is 114 cm³/mol. The maximum Gasteiger partial charge on any atom is 0.271 e. The molecule has 4 rings (SSSR count). The molecule has 1 saturated heterocycles. The van der Waals surface area contributed by atoms with Gasteiger partial charge in [-0.15, -0.1) is 0 Å². The molecule has 2 aromatic heterocycles. The number of hydrogen-bond donors (Lipinski definition) is 1. The van der Waals surface area contributed by atoms with E-state index in [1.165, 1.54) is 10.7 Å². The lowest BCUT2D eigenvalue weighted by molar-refractivity contribution is 0.114. The summed E-state index contributed by atoms with van der Waals surface area (Å²) in [5, 5.41) is 8.31. The average Bonchev–Trinajstić information content (AvgIpc) is 3.37. The molecular weight excluding hydrogens is 420 g/mol. The Morgan fingerprint density at radius 2 is 2.00 bits per heavy atom. The highest BCUT2D eigenvalue weighted by molar-refractivity contribution is 7.89. The van der Waals surface area contributed by atoms with Gasteiger partial charge in [0, 0.05) is 24.8 Å². The van der Waals surface area contributed by atoms with Crippen LogP contribution in [-0.4, -0.2) is 42.6 Å². The molecule has 0 bridgehead atoms. The van der Waals surface area contributed by atoms with Crippen molar-refractivity contribution in [1.29, 1.82) is 0 Å². The number of aryl methyl sites for hydroxylation is 3. The van der Waals surface area contributed by atoms with E-state index < -0.39 is 10.0 Å². The van der Waals surface area contributed by atoms with Gasteiger partial charge in [-0.2, -0.15) is 9.78 Å². The summed E-state index contributed by atoms with van der Waals surface area (Å²) in [7, 11) is -3.74. The first-order chi connectivity index (χ1) is 14.8. The van der Waals surface area contributed by atoms with E-state index in [2.05, 4.69) is 15.0 Å². The van der Waals surface area contributed by atoms with Gasteiger partial charge in [-0.05, 0) is 51.3 Å². The molecule has 1 fully saturated rings. The number of aromatic nitrogens is 3. The van der Waals surface area contributed by atoms with Crippen molar-refractivity contribution >= 4 is 10.0 Å². The van der Waals surface area contributed by atoms with Gasteiger partial charge >= 0.3 is 0 Å². The third-order valence-electron chi connectivity index (χ3n) is 5.31. The van der Waals surface area contributed by atoms with Crippen LogP contribution >= 0.6 is 0 Å². The Hall–Kier alpha value is -2.82. The van der Waals surface area contributed by atoms with Gasteiger partial charge < -0.3 is 9.26 Å². The summed E-state index contributed by atoms with van der Waals surface area (Å²) in [5.41, 5.74) is 2.32. The van der Waals surface area contributed by atoms with E-state index in [0.29, 0.717) is 40.6 Å². The van der Waals surface area contributed by atoms with E-state index in [0.717, 1.165) is 12.8 Å². The number of nitrogens with zero attached hydrogens (tertiary/aromatic N) is 3. The molecule has 1 aliphatic heterocycles. The van der Waals surface area contributed by atoms with E-state index in [1.807, 2.05) is 0 Å². The second-order valence-electron chi connectivity index (χ2n) is 7.61. The van der Waals surface area contributed by atoms with Gasteiger partial charge in [0.25, 0.3) is 5.56 Å². The number of nitrogens with one attached hydrogen (secondary N) is 1. The largest absolute Gasteiger partial charge is 0.377 e. The lowest BCUT2D eigenvalue weighted by atomic mass is 10.1. The van der Waals surface area contributed by atoms with Crippen molar-refractivity contribution in [1.82, 2.24) is 19.7 Å². The maximum atomic E-state index is 12.9. The fourth-order valence-corrected chi connectivity index (χ4v) is 4.98. The molecule has 0 saturated carbocycles. The number of rotatable bonds is 6. The molecule has 0 amide bonds. The van der Waals surface area contributed by atoms with E-state index in [1.54, 1.807) is 45.0 Å². The SMILES string of the molecule is Cc1ccc(-c2ccc(=O)n(-c3c(C)noc3C)n2)cc1S(=O)(=O)NCC1CCCO1. The molecule has 3 aromatic rings. The minimum Gasteiger partial charge on any atom is -0.377 e. The first kappa shape index (κ1) is 21.4. The molecule has 0 radical (unpaired) electrons. The molecule has 1 atom stereocenters. The van der Waals surface area contributed by atoms with Crippen LogP contribution in [-0.2, 0) is 14.8 Å². The zero-order valence-electron chi connectivity index (χ0n) is 17.6. The standard InChI is InChI=1S/C21H24N4O5S/c1-13-6-7-16(11-19(13)31(27,28)22-12-17-5-4-10-29-17)18-8-9-20(26)25(23-18)21-14(2)24-30-15(21)3/h6-9,11,17,22H,4-5,10,12H2,1-3H3. The Bertz CT molecular complexity index is 1250. The summed E-state index contributed by atoms with van der Waals surface area (Å²) in [6, 6.07) is 8.02. The van der Waals surface area contributed by atoms with Crippen LogP contribution in [0.3, 0.4) is 0 Å². The Morgan fingerprint density at radius 3 is 2.68 bits per heavy atom. The predicted octanol–water partition coefficient (Wildman–Crippen LogP) is 2.27. The molecule has 0 aliphatic carbocycles. The van der Waals surface area contributed by atoms with Crippen LogP contribution < -0.4 is 10.3 Å². The van der Waals surface area contributed by atoms with Crippen LogP contribution in [0.4, 0.5) is 0 Å². The van der Waals surface area contributed by atoms with Crippen molar-refractivity contribution < 1.29 is 17.7 Å². The van der Waals surface area contributed by atoms with Gasteiger partial charge in [-0.25, -0.2) is 13.1 Å². The lowest BCUT2D eigenvalue weighted by Crippen LogP contribution is -2.32. The average molecular weight is 445 g/mol. The van der Waals surface area contributed by atoms with Crippen molar-refractivity contribution in [3.63, 3.8) is 0 Å². The highest BCUT2D eigenvalue weighted by Crippen LogP contribution is 2.24. The molecule has 0 spiro atoms. The summed E-state index contributed by atoms with van der Waals surface area (Å²) in [4.78, 5) is 12.6. The molecule has 10 heteroatoms. The third kappa shape index (κ3) is 4.32. The van der Waals surface area contributed by atoms with Gasteiger partial charge in [-0.1, -0.05) is 17.3 Å². The zero-order valence-corrected chi connectivity index (χ0v) is 18.4. The third-order valence-corrected chi connectivity index (χ3v) is 6.87. The Morgan fingerprint density at radius 1 is 1.19 bits per heavy atom. The fourth-order valence-electron chi connectivity index (χ4n) is 3.64. The van der Waals surface area contributed by atoms with E-state index >= 15 is 0 Å². The van der Waals surface area contributed by atoms with Crippen molar-refractivity contribution in [2.45, 2.75) is 44.6 Å². The monoisotopic (exact) mass is 444 g/mol. The Labute approximate surface area is 180 Å². The molecule has 31 heavy (non-hydrogen) atoms.